The molecule has 0 amide bonds. The van der Waals surface area contributed by atoms with E-state index >= 15 is 0 Å². The van der Waals surface area contributed by atoms with Crippen LogP contribution in [-0.2, 0) is 0 Å². The summed E-state index contributed by atoms with van der Waals surface area (Å²) in [5.41, 5.74) is -0.0822. The minimum atomic E-state index is -2.66. The number of ether oxygens (including phenoxy) is 1. The molecule has 0 aliphatic carbocycles. The third-order valence-corrected chi connectivity index (χ3v) is 2.60. The first-order valence-corrected chi connectivity index (χ1v) is 6.14. The van der Waals surface area contributed by atoms with Crippen molar-refractivity contribution in [3.05, 3.63) is 28.3 Å². The highest BCUT2D eigenvalue weighted by molar-refractivity contribution is 6.18. The van der Waals surface area contributed by atoms with E-state index in [1.54, 1.807) is 0 Å². The van der Waals surface area contributed by atoms with Gasteiger partial charge in [0.05, 0.1) is 22.6 Å². The number of hydrogen-bond donors (Lipinski definition) is 2. The molecule has 0 fully saturated rings. The number of aliphatic hydroxyl groups excluding tert-OH is 1. The smallest absolute Gasteiger partial charge is 0.272 e. The first kappa shape index (κ1) is 16.4. The van der Waals surface area contributed by atoms with Crippen molar-refractivity contribution in [3.8, 4) is 5.75 Å². The zero-order valence-corrected chi connectivity index (χ0v) is 11.0. The number of halogens is 3. The summed E-state index contributed by atoms with van der Waals surface area (Å²) >= 11 is 5.41. The van der Waals surface area contributed by atoms with Gasteiger partial charge in [-0.05, 0) is 6.07 Å². The Balaban J connectivity index is 2.88. The molecule has 0 spiro atoms. The average Bonchev–Trinajstić information content (AvgIpc) is 2.42. The number of hydrogen-bond acceptors (Lipinski definition) is 5. The molecule has 0 aliphatic heterocycles. The lowest BCUT2D eigenvalue weighted by atomic mass is 10.2. The van der Waals surface area contributed by atoms with Gasteiger partial charge in [0, 0.05) is 18.7 Å². The van der Waals surface area contributed by atoms with Gasteiger partial charge in [-0.3, -0.25) is 10.1 Å². The van der Waals surface area contributed by atoms with Gasteiger partial charge in [0.15, 0.2) is 0 Å². The van der Waals surface area contributed by atoms with Gasteiger partial charge >= 0.3 is 0 Å². The molecular formula is C11H13ClF2N2O4. The van der Waals surface area contributed by atoms with Crippen LogP contribution < -0.4 is 10.1 Å². The van der Waals surface area contributed by atoms with Crippen LogP contribution in [0.3, 0.4) is 0 Å². The lowest BCUT2D eigenvalue weighted by molar-refractivity contribution is -0.384. The standard InChI is InChI=1S/C11H13ClF2N2O4/c12-4-8(17)5-15-9-3-7(16(18)19)1-2-10(9)20-6-11(13)14/h1-3,8,11,15,17H,4-6H2. The second kappa shape index (κ2) is 7.81. The minimum absolute atomic E-state index is 0.00963. The predicted molar refractivity (Wildman–Crippen MR) is 69.8 cm³/mol. The van der Waals surface area contributed by atoms with Crippen LogP contribution >= 0.6 is 11.6 Å². The highest BCUT2D eigenvalue weighted by atomic mass is 35.5. The lowest BCUT2D eigenvalue weighted by Gasteiger charge is -2.14. The maximum absolute atomic E-state index is 12.1. The van der Waals surface area contributed by atoms with Crippen LogP contribution in [0.25, 0.3) is 0 Å². The van der Waals surface area contributed by atoms with Crippen LogP contribution in [0.1, 0.15) is 0 Å². The number of benzene rings is 1. The highest BCUT2D eigenvalue weighted by Gasteiger charge is 2.14. The SMILES string of the molecule is O=[N+]([O-])c1ccc(OCC(F)F)c(NCC(O)CCl)c1. The van der Waals surface area contributed by atoms with E-state index in [2.05, 4.69) is 5.32 Å². The normalized spacial score (nSPS) is 12.2. The Kier molecular flexibility index (Phi) is 6.40. The molecule has 1 atom stereocenters. The van der Waals surface area contributed by atoms with Crippen LogP contribution in [0.5, 0.6) is 5.75 Å². The van der Waals surface area contributed by atoms with Crippen molar-refractivity contribution in [2.24, 2.45) is 0 Å². The molecule has 0 saturated heterocycles. The summed E-state index contributed by atoms with van der Waals surface area (Å²) in [5.74, 6) is 0.00692. The second-order valence-electron chi connectivity index (χ2n) is 3.83. The molecule has 0 radical (unpaired) electrons. The number of nitrogens with one attached hydrogen (secondary N) is 1. The quantitative estimate of drug-likeness (QED) is 0.437. The molecule has 0 heterocycles. The number of rotatable bonds is 8. The molecule has 6 nitrogen and oxygen atoms in total. The fraction of sp³-hybridized carbons (Fsp3) is 0.455. The van der Waals surface area contributed by atoms with Crippen molar-refractivity contribution in [1.82, 2.24) is 0 Å². The van der Waals surface area contributed by atoms with Crippen LogP contribution in [0.2, 0.25) is 0 Å². The van der Waals surface area contributed by atoms with Gasteiger partial charge in [-0.1, -0.05) is 0 Å². The number of nitro benzene ring substituents is 1. The molecule has 1 aromatic rings. The fourth-order valence-electron chi connectivity index (χ4n) is 1.33. The average molecular weight is 311 g/mol. The van der Waals surface area contributed by atoms with Gasteiger partial charge < -0.3 is 15.2 Å². The maximum Gasteiger partial charge on any atom is 0.272 e. The predicted octanol–water partition coefficient (Wildman–Crippen LogP) is 2.25. The topological polar surface area (TPSA) is 84.6 Å². The molecular weight excluding hydrogens is 298 g/mol. The number of non-ortho nitro benzene ring substituents is 1. The molecule has 112 valence electrons. The van der Waals surface area contributed by atoms with Crippen LogP contribution in [0.4, 0.5) is 20.2 Å². The summed E-state index contributed by atoms with van der Waals surface area (Å²) in [4.78, 5) is 10.0. The van der Waals surface area contributed by atoms with E-state index in [-0.39, 0.29) is 29.5 Å². The molecule has 0 bridgehead atoms. The van der Waals surface area contributed by atoms with Gasteiger partial charge in [-0.2, -0.15) is 0 Å². The first-order chi connectivity index (χ1) is 9.43. The summed E-state index contributed by atoms with van der Waals surface area (Å²) in [5, 5.41) is 22.7. The van der Waals surface area contributed by atoms with Crippen LogP contribution in [0.15, 0.2) is 18.2 Å². The zero-order valence-electron chi connectivity index (χ0n) is 10.3. The van der Waals surface area contributed by atoms with Gasteiger partial charge in [0.1, 0.15) is 12.4 Å². The van der Waals surface area contributed by atoms with E-state index in [4.69, 9.17) is 16.3 Å². The highest BCUT2D eigenvalue weighted by Crippen LogP contribution is 2.29. The Morgan fingerprint density at radius 3 is 2.75 bits per heavy atom. The molecule has 1 rings (SSSR count). The molecule has 0 saturated carbocycles. The van der Waals surface area contributed by atoms with Crippen molar-refractivity contribution in [2.45, 2.75) is 12.5 Å². The number of alkyl halides is 3. The van der Waals surface area contributed by atoms with Gasteiger partial charge in [-0.15, -0.1) is 11.6 Å². The van der Waals surface area contributed by atoms with Crippen LogP contribution in [-0.4, -0.2) is 41.6 Å². The maximum atomic E-state index is 12.1. The Labute approximate surface area is 118 Å². The summed E-state index contributed by atoms with van der Waals surface area (Å²) in [6, 6.07) is 3.50. The summed E-state index contributed by atoms with van der Waals surface area (Å²) < 4.78 is 29.1. The van der Waals surface area contributed by atoms with Crippen molar-refractivity contribution in [1.29, 1.82) is 0 Å². The minimum Gasteiger partial charge on any atom is -0.485 e. The van der Waals surface area contributed by atoms with Crippen LogP contribution in [0, 0.1) is 10.1 Å². The number of nitro groups is 1. The molecule has 0 aliphatic rings. The van der Waals surface area contributed by atoms with E-state index in [0.29, 0.717) is 0 Å². The summed E-state index contributed by atoms with van der Waals surface area (Å²) in [6.45, 7) is -0.819. The number of anilines is 1. The van der Waals surface area contributed by atoms with Crippen molar-refractivity contribution in [3.63, 3.8) is 0 Å². The fourth-order valence-corrected chi connectivity index (χ4v) is 1.44. The third kappa shape index (κ3) is 5.14. The summed E-state index contributed by atoms with van der Waals surface area (Å²) in [7, 11) is 0. The Morgan fingerprint density at radius 1 is 1.50 bits per heavy atom. The second-order valence-corrected chi connectivity index (χ2v) is 4.14. The van der Waals surface area contributed by atoms with Crippen molar-refractivity contribution in [2.75, 3.05) is 24.3 Å². The molecule has 20 heavy (non-hydrogen) atoms. The van der Waals surface area contributed by atoms with Gasteiger partial charge in [0.2, 0.25) is 0 Å². The molecule has 1 aromatic carbocycles. The van der Waals surface area contributed by atoms with Gasteiger partial charge in [0.25, 0.3) is 12.1 Å². The number of aliphatic hydroxyl groups is 1. The lowest BCUT2D eigenvalue weighted by Crippen LogP contribution is -2.21. The molecule has 2 N–H and O–H groups in total. The monoisotopic (exact) mass is 310 g/mol. The summed E-state index contributed by atoms with van der Waals surface area (Å²) in [6.07, 6.45) is -3.54. The largest absolute Gasteiger partial charge is 0.485 e. The van der Waals surface area contributed by atoms with Gasteiger partial charge in [-0.25, -0.2) is 8.78 Å². The molecule has 9 heteroatoms. The Morgan fingerprint density at radius 2 is 2.20 bits per heavy atom. The van der Waals surface area contributed by atoms with Crippen molar-refractivity contribution >= 4 is 23.0 Å². The van der Waals surface area contributed by atoms with E-state index in [1.807, 2.05) is 0 Å². The van der Waals surface area contributed by atoms with E-state index in [1.165, 1.54) is 6.07 Å². The van der Waals surface area contributed by atoms with E-state index in [9.17, 15) is 24.0 Å². The van der Waals surface area contributed by atoms with Crippen molar-refractivity contribution < 1.29 is 23.5 Å². The molecule has 1 unspecified atom stereocenters. The first-order valence-electron chi connectivity index (χ1n) is 5.61. The third-order valence-electron chi connectivity index (χ3n) is 2.25. The van der Waals surface area contributed by atoms with E-state index < -0.39 is 24.1 Å². The van der Waals surface area contributed by atoms with E-state index in [0.717, 1.165) is 12.1 Å². The Bertz CT molecular complexity index is 462. The Hall–Kier alpha value is -1.67. The zero-order chi connectivity index (χ0) is 15.1. The number of nitrogens with zero attached hydrogens (tertiary/aromatic N) is 1. The molecule has 0 aromatic heterocycles.